The molecule has 0 bridgehead atoms. The predicted molar refractivity (Wildman–Crippen MR) is 118 cm³/mol. The number of benzene rings is 1. The van der Waals surface area contributed by atoms with Gasteiger partial charge in [-0.2, -0.15) is 0 Å². The first-order valence-electron chi connectivity index (χ1n) is 11.4. The Morgan fingerprint density at radius 3 is 1.96 bits per heavy atom. The van der Waals surface area contributed by atoms with Crippen LogP contribution in [0.1, 0.15) is 104 Å². The van der Waals surface area contributed by atoms with E-state index in [4.69, 9.17) is 9.47 Å². The Hall–Kier alpha value is -1.51. The van der Waals surface area contributed by atoms with Crippen molar-refractivity contribution in [1.29, 1.82) is 0 Å². The molecular weight excluding hydrogens is 348 g/mol. The lowest BCUT2D eigenvalue weighted by atomic mass is 9.82. The highest BCUT2D eigenvalue weighted by Gasteiger charge is 2.17. The monoisotopic (exact) mass is 390 g/mol. The van der Waals surface area contributed by atoms with Gasteiger partial charge in [0.1, 0.15) is 19.0 Å². The zero-order valence-corrected chi connectivity index (χ0v) is 18.7. The van der Waals surface area contributed by atoms with Gasteiger partial charge in [0.15, 0.2) is 0 Å². The predicted octanol–water partition coefficient (Wildman–Crippen LogP) is 7.22. The normalized spacial score (nSPS) is 11.4. The number of ether oxygens (including phenoxy) is 2. The Balaban J connectivity index is 2.03. The van der Waals surface area contributed by atoms with Gasteiger partial charge in [0.05, 0.1) is 0 Å². The van der Waals surface area contributed by atoms with Gasteiger partial charge in [0, 0.05) is 6.42 Å². The molecule has 0 aliphatic rings. The van der Waals surface area contributed by atoms with E-state index in [0.29, 0.717) is 19.6 Å². The summed E-state index contributed by atoms with van der Waals surface area (Å²) in [6.45, 7) is 9.66. The lowest BCUT2D eigenvalue weighted by Crippen LogP contribution is -2.15. The molecule has 1 rings (SSSR count). The van der Waals surface area contributed by atoms with Gasteiger partial charge in [-0.15, -0.1) is 0 Å². The second-order valence-corrected chi connectivity index (χ2v) is 8.41. The highest BCUT2D eigenvalue weighted by atomic mass is 16.6. The lowest BCUT2D eigenvalue weighted by Gasteiger charge is -2.23. The van der Waals surface area contributed by atoms with E-state index in [1.54, 1.807) is 0 Å². The number of unbranched alkanes of at least 4 members (excludes halogenated alkanes) is 8. The van der Waals surface area contributed by atoms with E-state index in [9.17, 15) is 4.79 Å². The van der Waals surface area contributed by atoms with Crippen molar-refractivity contribution in [2.24, 2.45) is 0 Å². The molecule has 1 aromatic rings. The number of hydrogen-bond acceptors (Lipinski definition) is 3. The first kappa shape index (κ1) is 24.5. The highest BCUT2D eigenvalue weighted by molar-refractivity contribution is 5.69. The molecule has 28 heavy (non-hydrogen) atoms. The van der Waals surface area contributed by atoms with Crippen molar-refractivity contribution in [2.75, 3.05) is 13.2 Å². The number of carbonyl (C=O) groups is 1. The summed E-state index contributed by atoms with van der Waals surface area (Å²) in [5.41, 5.74) is 1.50. The van der Waals surface area contributed by atoms with Crippen LogP contribution in [0, 0.1) is 0 Å². The van der Waals surface area contributed by atoms with Crippen molar-refractivity contribution in [3.8, 4) is 5.75 Å². The van der Waals surface area contributed by atoms with Crippen LogP contribution in [0.4, 0.5) is 0 Å². The second kappa shape index (κ2) is 14.5. The van der Waals surface area contributed by atoms with Gasteiger partial charge in [-0.05, 0) is 36.0 Å². The van der Waals surface area contributed by atoms with E-state index in [-0.39, 0.29) is 11.4 Å². The zero-order chi connectivity index (χ0) is 20.7. The maximum atomic E-state index is 11.8. The lowest BCUT2D eigenvalue weighted by molar-refractivity contribution is -0.144. The fourth-order valence-corrected chi connectivity index (χ4v) is 3.17. The molecule has 0 aliphatic heterocycles. The van der Waals surface area contributed by atoms with Gasteiger partial charge in [0.25, 0.3) is 0 Å². The summed E-state index contributed by atoms with van der Waals surface area (Å²) < 4.78 is 10.9. The molecule has 0 aromatic heterocycles. The van der Waals surface area contributed by atoms with Crippen molar-refractivity contribution in [3.05, 3.63) is 29.8 Å². The van der Waals surface area contributed by atoms with Gasteiger partial charge in [0.2, 0.25) is 0 Å². The van der Waals surface area contributed by atoms with E-state index < -0.39 is 0 Å². The molecule has 160 valence electrons. The Morgan fingerprint density at radius 2 is 1.39 bits per heavy atom. The van der Waals surface area contributed by atoms with Gasteiger partial charge >= 0.3 is 5.97 Å². The van der Waals surface area contributed by atoms with Crippen molar-refractivity contribution in [1.82, 2.24) is 0 Å². The Labute approximate surface area is 173 Å². The molecule has 0 fully saturated rings. The molecule has 0 spiro atoms. The van der Waals surface area contributed by atoms with E-state index in [1.165, 1.54) is 50.5 Å². The summed E-state index contributed by atoms with van der Waals surface area (Å²) in [5, 5.41) is 0. The number of hydrogen-bond donors (Lipinski definition) is 0. The van der Waals surface area contributed by atoms with Crippen LogP contribution in [0.25, 0.3) is 0 Å². The summed E-state index contributed by atoms with van der Waals surface area (Å²) >= 11 is 0. The largest absolute Gasteiger partial charge is 0.490 e. The van der Waals surface area contributed by atoms with Crippen LogP contribution in [0.3, 0.4) is 0 Å². The first-order valence-corrected chi connectivity index (χ1v) is 11.4. The van der Waals surface area contributed by atoms with Gasteiger partial charge in [-0.1, -0.05) is 91.2 Å². The molecule has 0 saturated carbocycles. The minimum atomic E-state index is -0.105. The SMILES string of the molecule is CCCCCCCCCCCC(=O)OCCOc1ccc(C(C)(C)CC)cc1. The number of carbonyl (C=O) groups excluding carboxylic acids is 1. The third-order valence-corrected chi connectivity index (χ3v) is 5.62. The second-order valence-electron chi connectivity index (χ2n) is 8.41. The quantitative estimate of drug-likeness (QED) is 0.221. The van der Waals surface area contributed by atoms with Crippen LogP contribution in [0.2, 0.25) is 0 Å². The van der Waals surface area contributed by atoms with Crippen LogP contribution in [-0.4, -0.2) is 19.2 Å². The zero-order valence-electron chi connectivity index (χ0n) is 18.7. The summed E-state index contributed by atoms with van der Waals surface area (Å²) in [6, 6.07) is 8.23. The Morgan fingerprint density at radius 1 is 0.821 bits per heavy atom. The molecule has 0 atom stereocenters. The van der Waals surface area contributed by atoms with E-state index >= 15 is 0 Å². The molecule has 0 heterocycles. The average molecular weight is 391 g/mol. The smallest absolute Gasteiger partial charge is 0.305 e. The minimum absolute atomic E-state index is 0.105. The highest BCUT2D eigenvalue weighted by Crippen LogP contribution is 2.28. The molecule has 3 nitrogen and oxygen atoms in total. The number of esters is 1. The maximum Gasteiger partial charge on any atom is 0.305 e. The molecule has 0 radical (unpaired) electrons. The average Bonchev–Trinajstić information content (AvgIpc) is 2.70. The fraction of sp³-hybridized carbons (Fsp3) is 0.720. The van der Waals surface area contributed by atoms with Crippen LogP contribution in [-0.2, 0) is 14.9 Å². The molecule has 0 aliphatic carbocycles. The molecule has 3 heteroatoms. The molecule has 1 aromatic carbocycles. The van der Waals surface area contributed by atoms with E-state index in [1.807, 2.05) is 12.1 Å². The van der Waals surface area contributed by atoms with Crippen LogP contribution in [0.15, 0.2) is 24.3 Å². The Bertz CT molecular complexity index is 519. The molecular formula is C25H42O3. The topological polar surface area (TPSA) is 35.5 Å². The first-order chi connectivity index (χ1) is 13.5. The molecule has 0 saturated heterocycles. The van der Waals surface area contributed by atoms with E-state index in [2.05, 4.69) is 39.8 Å². The standard InChI is InChI=1S/C25H42O3/c1-5-7-8-9-10-11-12-13-14-15-24(26)28-21-20-27-23-18-16-22(17-19-23)25(3,4)6-2/h16-19H,5-15,20-21H2,1-4H3. The number of rotatable bonds is 16. The van der Waals surface area contributed by atoms with E-state index in [0.717, 1.165) is 25.0 Å². The van der Waals surface area contributed by atoms with Crippen molar-refractivity contribution < 1.29 is 14.3 Å². The van der Waals surface area contributed by atoms with Crippen LogP contribution in [0.5, 0.6) is 5.75 Å². The minimum Gasteiger partial charge on any atom is -0.490 e. The maximum absolute atomic E-state index is 11.8. The third kappa shape index (κ3) is 10.7. The molecule has 0 amide bonds. The molecule has 0 N–H and O–H groups in total. The summed E-state index contributed by atoms with van der Waals surface area (Å²) in [5.74, 6) is 0.720. The van der Waals surface area contributed by atoms with Gasteiger partial charge in [-0.25, -0.2) is 0 Å². The van der Waals surface area contributed by atoms with Gasteiger partial charge in [-0.3, -0.25) is 4.79 Å². The summed E-state index contributed by atoms with van der Waals surface area (Å²) in [4.78, 5) is 11.8. The fourth-order valence-electron chi connectivity index (χ4n) is 3.17. The van der Waals surface area contributed by atoms with Gasteiger partial charge < -0.3 is 9.47 Å². The molecule has 0 unspecified atom stereocenters. The summed E-state index contributed by atoms with van der Waals surface area (Å²) in [7, 11) is 0. The Kier molecular flexibility index (Phi) is 12.7. The summed E-state index contributed by atoms with van der Waals surface area (Å²) in [6.07, 6.45) is 12.9. The van der Waals surface area contributed by atoms with Crippen molar-refractivity contribution in [3.63, 3.8) is 0 Å². The van der Waals surface area contributed by atoms with Crippen molar-refractivity contribution in [2.45, 2.75) is 104 Å². The van der Waals surface area contributed by atoms with Crippen LogP contribution >= 0.6 is 0 Å². The third-order valence-electron chi connectivity index (χ3n) is 5.62. The van der Waals surface area contributed by atoms with Crippen molar-refractivity contribution >= 4 is 5.97 Å². The van der Waals surface area contributed by atoms with Crippen LogP contribution < -0.4 is 4.74 Å².